The lowest BCUT2D eigenvalue weighted by Crippen LogP contribution is -2.35. The summed E-state index contributed by atoms with van der Waals surface area (Å²) < 4.78 is 5.21. The minimum Gasteiger partial charge on any atom is -0.462 e. The van der Waals surface area contributed by atoms with Crippen LogP contribution in [0.4, 0.5) is 11.4 Å². The van der Waals surface area contributed by atoms with Crippen LogP contribution in [0.2, 0.25) is 0 Å². The zero-order valence-corrected chi connectivity index (χ0v) is 16.6. The molecule has 1 aliphatic heterocycles. The van der Waals surface area contributed by atoms with Gasteiger partial charge in [-0.25, -0.2) is 9.79 Å². The number of para-hydroxylation sites is 2. The minimum atomic E-state index is -0.561. The van der Waals surface area contributed by atoms with E-state index in [4.69, 9.17) is 4.74 Å². The molecule has 2 aromatic carbocycles. The van der Waals surface area contributed by atoms with Gasteiger partial charge in [0.2, 0.25) is 0 Å². The Labute approximate surface area is 173 Å². The normalized spacial score (nSPS) is 13.1. The number of amidine groups is 1. The number of fused-ring (bicyclic) bond motifs is 2. The second kappa shape index (κ2) is 8.16. The lowest BCUT2D eigenvalue weighted by Gasteiger charge is -2.14. The molecule has 7 nitrogen and oxygen atoms in total. The molecule has 0 spiro atoms. The van der Waals surface area contributed by atoms with Crippen molar-refractivity contribution >= 4 is 40.0 Å². The Morgan fingerprint density at radius 3 is 2.73 bits per heavy atom. The van der Waals surface area contributed by atoms with Gasteiger partial charge in [-0.15, -0.1) is 0 Å². The van der Waals surface area contributed by atoms with Gasteiger partial charge in [-0.05, 0) is 44.2 Å². The number of ether oxygens (including phenoxy) is 1. The first-order valence-corrected chi connectivity index (χ1v) is 9.56. The number of anilines is 1. The first kappa shape index (κ1) is 19.3. The molecule has 1 aromatic heterocycles. The number of hydrogen-bond acceptors (Lipinski definition) is 6. The molecule has 0 aliphatic carbocycles. The molecule has 0 saturated carbocycles. The van der Waals surface area contributed by atoms with Crippen LogP contribution in [-0.4, -0.2) is 29.3 Å². The van der Waals surface area contributed by atoms with E-state index in [2.05, 4.69) is 20.6 Å². The van der Waals surface area contributed by atoms with E-state index in [0.717, 1.165) is 5.69 Å². The number of esters is 1. The fourth-order valence-corrected chi connectivity index (χ4v) is 3.31. The number of amides is 1. The molecule has 3 aromatic rings. The SMILES string of the molecule is CCOC(=O)C1=C(C)Nc2ccccc2N=C1NC(=O)c1cccc2ncccc12. The largest absolute Gasteiger partial charge is 0.462 e. The molecule has 150 valence electrons. The first-order valence-electron chi connectivity index (χ1n) is 9.56. The van der Waals surface area contributed by atoms with Crippen LogP contribution in [0.1, 0.15) is 24.2 Å². The van der Waals surface area contributed by atoms with Crippen molar-refractivity contribution in [2.75, 3.05) is 11.9 Å². The summed E-state index contributed by atoms with van der Waals surface area (Å²) in [5.41, 5.74) is 3.20. The summed E-state index contributed by atoms with van der Waals surface area (Å²) in [6, 6.07) is 16.3. The zero-order chi connectivity index (χ0) is 21.1. The summed E-state index contributed by atoms with van der Waals surface area (Å²) in [7, 11) is 0. The van der Waals surface area contributed by atoms with Crippen LogP contribution in [-0.2, 0) is 9.53 Å². The number of carbonyl (C=O) groups is 2. The Morgan fingerprint density at radius 2 is 1.90 bits per heavy atom. The fraction of sp³-hybridized carbons (Fsp3) is 0.130. The van der Waals surface area contributed by atoms with Gasteiger partial charge in [0.1, 0.15) is 11.4 Å². The molecule has 0 fully saturated rings. The molecule has 0 saturated heterocycles. The summed E-state index contributed by atoms with van der Waals surface area (Å²) in [6.45, 7) is 3.68. The standard InChI is InChI=1S/C23H20N4O3/c1-3-30-23(29)20-14(2)25-18-10-4-5-11-19(18)26-21(20)27-22(28)16-8-6-12-17-15(16)9-7-13-24-17/h4-13,25H,3H2,1-2H3,(H,26,27,28). The predicted molar refractivity (Wildman–Crippen MR) is 116 cm³/mol. The smallest absolute Gasteiger partial charge is 0.343 e. The number of nitrogens with one attached hydrogen (secondary N) is 2. The Balaban J connectivity index is 1.79. The third kappa shape index (κ3) is 3.65. The molecule has 1 amide bonds. The van der Waals surface area contributed by atoms with Crippen LogP contribution in [0.5, 0.6) is 0 Å². The highest BCUT2D eigenvalue weighted by Gasteiger charge is 2.26. The molecule has 4 rings (SSSR count). The summed E-state index contributed by atoms with van der Waals surface area (Å²) in [5, 5.41) is 6.71. The maximum absolute atomic E-state index is 13.2. The van der Waals surface area contributed by atoms with Crippen molar-refractivity contribution in [1.82, 2.24) is 10.3 Å². The van der Waals surface area contributed by atoms with E-state index >= 15 is 0 Å². The highest BCUT2D eigenvalue weighted by Crippen LogP contribution is 2.30. The lowest BCUT2D eigenvalue weighted by atomic mass is 10.1. The van der Waals surface area contributed by atoms with Crippen molar-refractivity contribution in [2.24, 2.45) is 4.99 Å². The maximum Gasteiger partial charge on any atom is 0.343 e. The number of hydrogen-bond donors (Lipinski definition) is 2. The fourth-order valence-electron chi connectivity index (χ4n) is 3.31. The number of benzene rings is 2. The van der Waals surface area contributed by atoms with Gasteiger partial charge in [0.15, 0.2) is 0 Å². The molecule has 1 aliphatic rings. The molecule has 2 N–H and O–H groups in total. The van der Waals surface area contributed by atoms with Gasteiger partial charge < -0.3 is 15.4 Å². The Hall–Kier alpha value is -4.00. The van der Waals surface area contributed by atoms with Crippen LogP contribution in [0.3, 0.4) is 0 Å². The van der Waals surface area contributed by atoms with Gasteiger partial charge in [0.25, 0.3) is 5.91 Å². The van der Waals surface area contributed by atoms with Crippen molar-refractivity contribution in [3.8, 4) is 0 Å². The van der Waals surface area contributed by atoms with Crippen molar-refractivity contribution in [3.63, 3.8) is 0 Å². The molecule has 0 radical (unpaired) electrons. The summed E-state index contributed by atoms with van der Waals surface area (Å²) in [5.74, 6) is -0.815. The molecule has 7 heteroatoms. The summed E-state index contributed by atoms with van der Waals surface area (Å²) in [6.07, 6.45) is 1.67. The van der Waals surface area contributed by atoms with Gasteiger partial charge >= 0.3 is 5.97 Å². The van der Waals surface area contributed by atoms with Crippen molar-refractivity contribution in [3.05, 3.63) is 77.6 Å². The Morgan fingerprint density at radius 1 is 1.07 bits per heavy atom. The van der Waals surface area contributed by atoms with Gasteiger partial charge in [0.05, 0.1) is 23.5 Å². The second-order valence-corrected chi connectivity index (χ2v) is 6.65. The van der Waals surface area contributed by atoms with Crippen LogP contribution in [0, 0.1) is 0 Å². The third-order valence-electron chi connectivity index (χ3n) is 4.67. The van der Waals surface area contributed by atoms with Crippen LogP contribution in [0.15, 0.2) is 77.1 Å². The Bertz CT molecular complexity index is 1210. The van der Waals surface area contributed by atoms with E-state index in [1.165, 1.54) is 0 Å². The Kier molecular flexibility index (Phi) is 5.26. The maximum atomic E-state index is 13.2. The monoisotopic (exact) mass is 400 g/mol. The first-order chi connectivity index (χ1) is 14.6. The van der Waals surface area contributed by atoms with Crippen molar-refractivity contribution < 1.29 is 14.3 Å². The highest BCUT2D eigenvalue weighted by molar-refractivity contribution is 6.26. The number of aliphatic imine (C=N–C) groups is 1. The number of aromatic nitrogens is 1. The van der Waals surface area contributed by atoms with E-state index in [0.29, 0.717) is 27.9 Å². The molecule has 2 heterocycles. The highest BCUT2D eigenvalue weighted by atomic mass is 16.5. The van der Waals surface area contributed by atoms with E-state index in [9.17, 15) is 9.59 Å². The van der Waals surface area contributed by atoms with Crippen molar-refractivity contribution in [2.45, 2.75) is 13.8 Å². The number of carbonyl (C=O) groups excluding carboxylic acids is 2. The molecular weight excluding hydrogens is 380 g/mol. The van der Waals surface area contributed by atoms with E-state index in [1.807, 2.05) is 30.3 Å². The predicted octanol–water partition coefficient (Wildman–Crippen LogP) is 3.96. The van der Waals surface area contributed by atoms with Gasteiger partial charge in [-0.2, -0.15) is 0 Å². The molecular formula is C23H20N4O3. The van der Waals surface area contributed by atoms with Gasteiger partial charge in [-0.3, -0.25) is 9.78 Å². The molecule has 0 atom stereocenters. The van der Waals surface area contributed by atoms with E-state index in [-0.39, 0.29) is 23.9 Å². The van der Waals surface area contributed by atoms with Crippen LogP contribution < -0.4 is 10.6 Å². The topological polar surface area (TPSA) is 92.7 Å². The number of rotatable bonds is 3. The van der Waals surface area contributed by atoms with Gasteiger partial charge in [-0.1, -0.05) is 24.3 Å². The number of pyridine rings is 1. The molecule has 0 unspecified atom stereocenters. The van der Waals surface area contributed by atoms with Gasteiger partial charge in [0, 0.05) is 22.8 Å². The lowest BCUT2D eigenvalue weighted by molar-refractivity contribution is -0.137. The number of allylic oxidation sites excluding steroid dienone is 1. The van der Waals surface area contributed by atoms with Crippen molar-refractivity contribution in [1.29, 1.82) is 0 Å². The average molecular weight is 400 g/mol. The van der Waals surface area contributed by atoms with Crippen LogP contribution >= 0.6 is 0 Å². The number of nitrogens with zero attached hydrogens (tertiary/aromatic N) is 2. The van der Waals surface area contributed by atoms with E-state index in [1.54, 1.807) is 44.3 Å². The molecule has 0 bridgehead atoms. The molecule has 30 heavy (non-hydrogen) atoms. The summed E-state index contributed by atoms with van der Waals surface area (Å²) >= 11 is 0. The van der Waals surface area contributed by atoms with E-state index < -0.39 is 5.97 Å². The zero-order valence-electron chi connectivity index (χ0n) is 16.6. The quantitative estimate of drug-likeness (QED) is 0.649. The third-order valence-corrected chi connectivity index (χ3v) is 4.67. The second-order valence-electron chi connectivity index (χ2n) is 6.65. The minimum absolute atomic E-state index is 0.134. The summed E-state index contributed by atoms with van der Waals surface area (Å²) in [4.78, 5) is 34.7. The average Bonchev–Trinajstić information content (AvgIpc) is 2.88. The van der Waals surface area contributed by atoms with Crippen LogP contribution in [0.25, 0.3) is 10.9 Å².